The molecule has 0 bridgehead atoms. The maximum atomic E-state index is 7.55. The summed E-state index contributed by atoms with van der Waals surface area (Å²) in [6, 6.07) is 46.6. The molecule has 0 spiro atoms. The maximum Gasteiger partial charge on any atom is 0.265 e. The molecule has 0 amide bonds. The normalized spacial score (nSPS) is 14.7. The molecule has 0 aromatic heterocycles. The van der Waals surface area contributed by atoms with E-state index in [9.17, 15) is 0 Å². The average molecular weight is 723 g/mol. The summed E-state index contributed by atoms with van der Waals surface area (Å²) in [4.78, 5) is -0.00922. The van der Waals surface area contributed by atoms with Crippen molar-refractivity contribution in [1.29, 1.82) is 0 Å². The monoisotopic (exact) mass is 721 g/mol. The summed E-state index contributed by atoms with van der Waals surface area (Å²) < 4.78 is 3.16. The Hall–Kier alpha value is -1.58. The van der Waals surface area contributed by atoms with Crippen LogP contribution in [0.4, 0.5) is 0 Å². The maximum absolute atomic E-state index is 7.55. The standard InChI is InChI=1S/C39H53Cl2NSSi3/c1-9-32(31-44(40,41)37(43)10-2)42(45(38(3,4)5,33-23-15-11-16-24-33)34-25-17-12-18-26-34)46(39(6,7)8,35-27-19-13-20-28-35)36-29-21-14-22-30-36/h11-30,32,37,43H,9-10,31H2,1-8H3. The van der Waals surface area contributed by atoms with Crippen LogP contribution < -0.4 is 20.7 Å². The Balaban J connectivity index is 2.35. The molecule has 0 saturated heterocycles. The van der Waals surface area contributed by atoms with Crippen molar-refractivity contribution in [1.82, 2.24) is 4.23 Å². The second kappa shape index (κ2) is 14.9. The predicted octanol–water partition coefficient (Wildman–Crippen LogP) is 9.35. The fourth-order valence-electron chi connectivity index (χ4n) is 8.03. The van der Waals surface area contributed by atoms with Gasteiger partial charge in [-0.3, -0.25) is 0 Å². The minimum atomic E-state index is -2.94. The number of hydrogen-bond acceptors (Lipinski definition) is 2. The van der Waals surface area contributed by atoms with Crippen LogP contribution >= 0.6 is 34.8 Å². The molecule has 0 aliphatic rings. The molecule has 0 heterocycles. The Morgan fingerprint density at radius 1 is 0.543 bits per heavy atom. The minimum absolute atomic E-state index is 0.00922. The molecule has 4 rings (SSSR count). The Bertz CT molecular complexity index is 1330. The third-order valence-corrected chi connectivity index (χ3v) is 30.6. The molecule has 246 valence electrons. The van der Waals surface area contributed by atoms with Crippen LogP contribution in [0.25, 0.3) is 0 Å². The molecule has 7 heteroatoms. The van der Waals surface area contributed by atoms with Gasteiger partial charge in [0, 0.05) is 4.87 Å². The van der Waals surface area contributed by atoms with Gasteiger partial charge in [-0.05, 0) is 55.8 Å². The zero-order valence-electron chi connectivity index (χ0n) is 29.0. The topological polar surface area (TPSA) is 3.24 Å². The highest BCUT2D eigenvalue weighted by Gasteiger charge is 2.65. The fourth-order valence-corrected chi connectivity index (χ4v) is 29.3. The highest BCUT2D eigenvalue weighted by Crippen LogP contribution is 2.50. The predicted molar refractivity (Wildman–Crippen MR) is 216 cm³/mol. The number of thiol groups is 1. The Morgan fingerprint density at radius 3 is 1.04 bits per heavy atom. The van der Waals surface area contributed by atoms with E-state index in [1.807, 2.05) is 0 Å². The van der Waals surface area contributed by atoms with Gasteiger partial charge >= 0.3 is 0 Å². The van der Waals surface area contributed by atoms with E-state index in [2.05, 4.69) is 181 Å². The van der Waals surface area contributed by atoms with Crippen molar-refractivity contribution in [3.05, 3.63) is 121 Å². The molecule has 0 saturated carbocycles. The van der Waals surface area contributed by atoms with Crippen LogP contribution in [0, 0.1) is 0 Å². The minimum Gasteiger partial charge on any atom is -0.328 e. The molecular formula is C39H53Cl2NSSi3. The number of rotatable bonds is 12. The molecule has 0 radical (unpaired) electrons. The summed E-state index contributed by atoms with van der Waals surface area (Å²) in [6.07, 6.45) is 1.80. The van der Waals surface area contributed by atoms with Gasteiger partial charge in [-0.25, -0.2) is 0 Å². The highest BCUT2D eigenvalue weighted by atomic mass is 35.7. The molecule has 4 aromatic carbocycles. The van der Waals surface area contributed by atoms with Gasteiger partial charge in [0.05, 0.1) is 0 Å². The van der Waals surface area contributed by atoms with E-state index in [1.54, 1.807) is 0 Å². The average Bonchev–Trinajstić information content (AvgIpc) is 3.04. The van der Waals surface area contributed by atoms with Crippen LogP contribution in [0.15, 0.2) is 121 Å². The van der Waals surface area contributed by atoms with Crippen molar-refractivity contribution in [2.24, 2.45) is 0 Å². The lowest BCUT2D eigenvalue weighted by Crippen LogP contribution is -2.89. The van der Waals surface area contributed by atoms with Gasteiger partial charge in [0.15, 0.2) is 16.5 Å². The van der Waals surface area contributed by atoms with Crippen LogP contribution in [0.2, 0.25) is 16.1 Å². The van der Waals surface area contributed by atoms with Crippen LogP contribution in [0.3, 0.4) is 0 Å². The van der Waals surface area contributed by atoms with Crippen LogP contribution in [0.5, 0.6) is 0 Å². The Labute approximate surface area is 297 Å². The summed E-state index contributed by atoms with van der Waals surface area (Å²) in [6.45, 7) is 16.6. The quantitative estimate of drug-likeness (QED) is 0.0867. The van der Waals surface area contributed by atoms with Crippen molar-refractivity contribution >= 4 is 78.7 Å². The van der Waals surface area contributed by atoms with Gasteiger partial charge in [-0.1, -0.05) is 177 Å². The van der Waals surface area contributed by atoms with Gasteiger partial charge in [0.25, 0.3) is 6.69 Å². The Morgan fingerprint density at radius 2 is 0.826 bits per heavy atom. The SMILES string of the molecule is CCC(C[Si](Cl)(Cl)C(S)CC)N([Si](c1ccccc1)(c1ccccc1)C(C)(C)C)[Si](c1ccccc1)(c1ccccc1)C(C)(C)C. The molecule has 1 nitrogen and oxygen atoms in total. The van der Waals surface area contributed by atoms with E-state index in [0.717, 1.165) is 18.9 Å². The van der Waals surface area contributed by atoms with Crippen molar-refractivity contribution in [3.8, 4) is 0 Å². The van der Waals surface area contributed by atoms with E-state index < -0.39 is 23.2 Å². The van der Waals surface area contributed by atoms with E-state index in [1.165, 1.54) is 20.7 Å². The summed E-state index contributed by atoms with van der Waals surface area (Å²) in [5.74, 6) is 0. The first-order valence-electron chi connectivity index (χ1n) is 16.8. The smallest absolute Gasteiger partial charge is 0.265 e. The molecule has 46 heavy (non-hydrogen) atoms. The summed E-state index contributed by atoms with van der Waals surface area (Å²) in [7, 11) is -5.89. The van der Waals surface area contributed by atoms with Crippen molar-refractivity contribution in [2.45, 2.75) is 95.3 Å². The zero-order valence-corrected chi connectivity index (χ0v) is 34.4. The second-order valence-electron chi connectivity index (χ2n) is 14.7. The molecule has 2 atom stereocenters. The molecule has 0 fully saturated rings. The third kappa shape index (κ3) is 6.80. The Kier molecular flexibility index (Phi) is 12.1. The van der Waals surface area contributed by atoms with Gasteiger partial charge in [-0.15, -0.1) is 22.2 Å². The van der Waals surface area contributed by atoms with Crippen LogP contribution in [-0.2, 0) is 0 Å². The summed E-state index contributed by atoms with van der Waals surface area (Å²) in [5.41, 5.74) is 0. The van der Waals surface area contributed by atoms with Gasteiger partial charge in [0.1, 0.15) is 0 Å². The first kappa shape index (κ1) is 37.2. The largest absolute Gasteiger partial charge is 0.328 e. The molecule has 2 unspecified atom stereocenters. The lowest BCUT2D eigenvalue weighted by atomic mass is 10.2. The van der Waals surface area contributed by atoms with Crippen LogP contribution in [0.1, 0.15) is 68.2 Å². The first-order valence-corrected chi connectivity index (χ1v) is 25.5. The van der Waals surface area contributed by atoms with E-state index in [-0.39, 0.29) is 21.0 Å². The number of hydrogen-bond donors (Lipinski definition) is 1. The van der Waals surface area contributed by atoms with Crippen molar-refractivity contribution in [2.75, 3.05) is 0 Å². The third-order valence-electron chi connectivity index (χ3n) is 9.88. The molecule has 0 aliphatic heterocycles. The fraction of sp³-hybridized carbons (Fsp3) is 0.385. The number of halogens is 2. The van der Waals surface area contributed by atoms with Crippen molar-refractivity contribution in [3.63, 3.8) is 0 Å². The highest BCUT2D eigenvalue weighted by molar-refractivity contribution is 7.85. The zero-order chi connectivity index (χ0) is 33.8. The van der Waals surface area contributed by atoms with E-state index in [0.29, 0.717) is 0 Å². The first-order chi connectivity index (χ1) is 21.7. The van der Waals surface area contributed by atoms with Gasteiger partial charge < -0.3 is 4.23 Å². The summed E-state index contributed by atoms with van der Waals surface area (Å²) in [5, 5.41) is 5.46. The lowest BCUT2D eigenvalue weighted by molar-refractivity contribution is 0.425. The number of nitrogens with zero attached hydrogens (tertiary/aromatic N) is 1. The molecule has 0 N–H and O–H groups in total. The van der Waals surface area contributed by atoms with Crippen LogP contribution in [-0.4, -0.2) is 38.3 Å². The lowest BCUT2D eigenvalue weighted by Gasteiger charge is -2.64. The second-order valence-corrected chi connectivity index (χ2v) is 32.6. The molecule has 4 aromatic rings. The molecule has 0 aliphatic carbocycles. The number of benzene rings is 4. The van der Waals surface area contributed by atoms with E-state index in [4.69, 9.17) is 34.8 Å². The van der Waals surface area contributed by atoms with Gasteiger partial charge in [-0.2, -0.15) is 12.6 Å². The van der Waals surface area contributed by atoms with Gasteiger partial charge in [0.2, 0.25) is 0 Å². The van der Waals surface area contributed by atoms with Crippen molar-refractivity contribution < 1.29 is 0 Å². The summed E-state index contributed by atoms with van der Waals surface area (Å²) >= 11 is 20.1. The molecular weight excluding hydrogens is 670 g/mol. The van der Waals surface area contributed by atoms with E-state index >= 15 is 0 Å².